The van der Waals surface area contributed by atoms with Crippen molar-refractivity contribution in [1.29, 1.82) is 0 Å². The van der Waals surface area contributed by atoms with E-state index in [1.165, 1.54) is 4.90 Å². The second kappa shape index (κ2) is 6.86. The third-order valence-electron chi connectivity index (χ3n) is 2.25. The van der Waals surface area contributed by atoms with Gasteiger partial charge in [-0.1, -0.05) is 0 Å². The zero-order chi connectivity index (χ0) is 14.4. The summed E-state index contributed by atoms with van der Waals surface area (Å²) in [6.45, 7) is 6.31. The maximum Gasteiger partial charge on any atom is 0.239 e. The van der Waals surface area contributed by atoms with Crippen LogP contribution < -0.4 is 15.5 Å². The number of nitrogens with one attached hydrogen (secondary N) is 2. The van der Waals surface area contributed by atoms with Gasteiger partial charge in [0.25, 0.3) is 0 Å². The van der Waals surface area contributed by atoms with Crippen LogP contribution in [0.25, 0.3) is 0 Å². The van der Waals surface area contributed by atoms with Gasteiger partial charge in [0.1, 0.15) is 0 Å². The number of nitrogens with zero attached hydrogens (tertiary/aromatic N) is 3. The van der Waals surface area contributed by atoms with E-state index in [4.69, 9.17) is 0 Å². The minimum Gasteiger partial charge on any atom is -0.354 e. The first-order valence-electron chi connectivity index (χ1n) is 6.21. The molecule has 0 atom stereocenters. The van der Waals surface area contributed by atoms with Crippen LogP contribution in [0.15, 0.2) is 6.20 Å². The van der Waals surface area contributed by atoms with Crippen molar-refractivity contribution in [3.05, 3.63) is 12.0 Å². The van der Waals surface area contributed by atoms with Crippen LogP contribution in [-0.2, 0) is 4.79 Å². The molecule has 1 aromatic rings. The van der Waals surface area contributed by atoms with E-state index in [1.54, 1.807) is 7.05 Å². The lowest BCUT2D eigenvalue weighted by atomic mass is 10.3. The Balaban J connectivity index is 2.77. The van der Waals surface area contributed by atoms with E-state index in [0.29, 0.717) is 12.5 Å². The van der Waals surface area contributed by atoms with E-state index in [-0.39, 0.29) is 24.3 Å². The van der Waals surface area contributed by atoms with Crippen LogP contribution in [0.2, 0.25) is 0 Å². The summed E-state index contributed by atoms with van der Waals surface area (Å²) in [5.41, 5.74) is 0. The highest BCUT2D eigenvalue weighted by atomic mass is 19.1. The van der Waals surface area contributed by atoms with Crippen LogP contribution in [-0.4, -0.2) is 42.1 Å². The molecule has 7 heteroatoms. The van der Waals surface area contributed by atoms with E-state index in [2.05, 4.69) is 20.6 Å². The van der Waals surface area contributed by atoms with Crippen LogP contribution in [0, 0.1) is 5.82 Å². The van der Waals surface area contributed by atoms with Gasteiger partial charge in [0.05, 0.1) is 12.7 Å². The molecule has 1 aromatic heterocycles. The molecule has 1 heterocycles. The number of likely N-dealkylation sites (N-methyl/N-ethyl adjacent to an activating group) is 1. The first kappa shape index (κ1) is 15.1. The summed E-state index contributed by atoms with van der Waals surface area (Å²) in [6.07, 6.45) is 1.09. The summed E-state index contributed by atoms with van der Waals surface area (Å²) >= 11 is 0. The van der Waals surface area contributed by atoms with E-state index in [0.717, 1.165) is 6.20 Å². The number of rotatable bonds is 6. The first-order valence-corrected chi connectivity index (χ1v) is 6.21. The Bertz CT molecular complexity index is 438. The summed E-state index contributed by atoms with van der Waals surface area (Å²) in [7, 11) is 1.61. The molecule has 1 amide bonds. The first-order chi connectivity index (χ1) is 8.93. The number of carbonyl (C=O) groups excluding carboxylic acids is 1. The highest BCUT2D eigenvalue weighted by Gasteiger charge is 2.14. The summed E-state index contributed by atoms with van der Waals surface area (Å²) in [5.74, 6) is -0.290. The Hall–Kier alpha value is -1.92. The third kappa shape index (κ3) is 4.69. The lowest BCUT2D eigenvalue weighted by molar-refractivity contribution is -0.120. The largest absolute Gasteiger partial charge is 0.354 e. The number of halogens is 1. The van der Waals surface area contributed by atoms with Crippen molar-refractivity contribution in [2.45, 2.75) is 26.8 Å². The fourth-order valence-electron chi connectivity index (χ4n) is 1.53. The Kier molecular flexibility index (Phi) is 5.47. The highest BCUT2D eigenvalue weighted by molar-refractivity contribution is 5.81. The van der Waals surface area contributed by atoms with Crippen LogP contribution in [0.5, 0.6) is 0 Å². The molecule has 0 spiro atoms. The average molecular weight is 269 g/mol. The molecule has 0 radical (unpaired) electrons. The Labute approximate surface area is 112 Å². The quantitative estimate of drug-likeness (QED) is 0.806. The van der Waals surface area contributed by atoms with Gasteiger partial charge in [-0.25, -0.2) is 9.37 Å². The van der Waals surface area contributed by atoms with Crippen molar-refractivity contribution in [1.82, 2.24) is 15.3 Å². The summed E-state index contributed by atoms with van der Waals surface area (Å²) in [6, 6.07) is 0.0495. The van der Waals surface area contributed by atoms with E-state index >= 15 is 0 Å². The standard InChI is InChI=1S/C12H20FN5O/c1-5-14-12-15-6-9(13)11(17-12)18(4)7-10(19)16-8(2)3/h6,8H,5,7H2,1-4H3,(H,16,19)(H,14,15,17). The zero-order valence-electron chi connectivity index (χ0n) is 11.7. The number of amides is 1. The van der Waals surface area contributed by atoms with Crippen LogP contribution in [0.3, 0.4) is 0 Å². The molecule has 0 fully saturated rings. The van der Waals surface area contributed by atoms with Gasteiger partial charge in [-0.15, -0.1) is 0 Å². The minimum atomic E-state index is -0.554. The van der Waals surface area contributed by atoms with E-state index in [9.17, 15) is 9.18 Å². The monoisotopic (exact) mass is 269 g/mol. The molecule has 19 heavy (non-hydrogen) atoms. The van der Waals surface area contributed by atoms with Crippen molar-refractivity contribution in [2.24, 2.45) is 0 Å². The Morgan fingerprint density at radius 3 is 2.79 bits per heavy atom. The molecule has 2 N–H and O–H groups in total. The molecule has 0 aromatic carbocycles. The zero-order valence-corrected chi connectivity index (χ0v) is 11.7. The molecule has 0 unspecified atom stereocenters. The van der Waals surface area contributed by atoms with Gasteiger partial charge in [0.2, 0.25) is 11.9 Å². The summed E-state index contributed by atoms with van der Waals surface area (Å²) < 4.78 is 13.6. The lowest BCUT2D eigenvalue weighted by Gasteiger charge is -2.19. The Morgan fingerprint density at radius 1 is 1.53 bits per heavy atom. The molecule has 106 valence electrons. The number of hydrogen-bond donors (Lipinski definition) is 2. The number of anilines is 2. The normalized spacial score (nSPS) is 10.4. The molecule has 0 aliphatic rings. The average Bonchev–Trinajstić information content (AvgIpc) is 2.30. The molecule has 6 nitrogen and oxygen atoms in total. The van der Waals surface area contributed by atoms with Gasteiger partial charge < -0.3 is 15.5 Å². The van der Waals surface area contributed by atoms with Crippen molar-refractivity contribution >= 4 is 17.7 Å². The predicted octanol–water partition coefficient (Wildman–Crippen LogP) is 1.01. The summed E-state index contributed by atoms with van der Waals surface area (Å²) in [5, 5.41) is 5.64. The van der Waals surface area contributed by atoms with Gasteiger partial charge in [0.15, 0.2) is 11.6 Å². The summed E-state index contributed by atoms with van der Waals surface area (Å²) in [4.78, 5) is 20.9. The van der Waals surface area contributed by atoms with E-state index < -0.39 is 5.82 Å². The predicted molar refractivity (Wildman–Crippen MR) is 72.7 cm³/mol. The van der Waals surface area contributed by atoms with Crippen molar-refractivity contribution < 1.29 is 9.18 Å². The lowest BCUT2D eigenvalue weighted by Crippen LogP contribution is -2.39. The van der Waals surface area contributed by atoms with E-state index in [1.807, 2.05) is 20.8 Å². The maximum absolute atomic E-state index is 13.6. The minimum absolute atomic E-state index is 0.0394. The van der Waals surface area contributed by atoms with Crippen molar-refractivity contribution in [2.75, 3.05) is 30.4 Å². The van der Waals surface area contributed by atoms with Gasteiger partial charge in [0, 0.05) is 19.6 Å². The van der Waals surface area contributed by atoms with Gasteiger partial charge in [-0.2, -0.15) is 4.98 Å². The van der Waals surface area contributed by atoms with Crippen LogP contribution in [0.1, 0.15) is 20.8 Å². The smallest absolute Gasteiger partial charge is 0.239 e. The Morgan fingerprint density at radius 2 is 2.21 bits per heavy atom. The van der Waals surface area contributed by atoms with Crippen LogP contribution in [0.4, 0.5) is 16.2 Å². The maximum atomic E-state index is 13.6. The highest BCUT2D eigenvalue weighted by Crippen LogP contribution is 2.15. The van der Waals surface area contributed by atoms with Crippen LogP contribution >= 0.6 is 0 Å². The number of hydrogen-bond acceptors (Lipinski definition) is 5. The van der Waals surface area contributed by atoms with Gasteiger partial charge >= 0.3 is 0 Å². The second-order valence-corrected chi connectivity index (χ2v) is 4.47. The van der Waals surface area contributed by atoms with Gasteiger partial charge in [-0.3, -0.25) is 4.79 Å². The molecular weight excluding hydrogens is 249 g/mol. The van der Waals surface area contributed by atoms with Gasteiger partial charge in [-0.05, 0) is 20.8 Å². The molecule has 0 saturated heterocycles. The second-order valence-electron chi connectivity index (χ2n) is 4.47. The molecule has 1 rings (SSSR count). The topological polar surface area (TPSA) is 70.2 Å². The van der Waals surface area contributed by atoms with Crippen molar-refractivity contribution in [3.63, 3.8) is 0 Å². The molecular formula is C12H20FN5O. The number of carbonyl (C=O) groups is 1. The molecule has 0 aliphatic carbocycles. The third-order valence-corrected chi connectivity index (χ3v) is 2.25. The molecule has 0 aliphatic heterocycles. The SMILES string of the molecule is CCNc1ncc(F)c(N(C)CC(=O)NC(C)C)n1. The molecule has 0 bridgehead atoms. The van der Waals surface area contributed by atoms with Crippen molar-refractivity contribution in [3.8, 4) is 0 Å². The molecule has 0 saturated carbocycles. The fraction of sp³-hybridized carbons (Fsp3) is 0.583. The number of aromatic nitrogens is 2. The fourth-order valence-corrected chi connectivity index (χ4v) is 1.53.